The van der Waals surface area contributed by atoms with E-state index in [0.29, 0.717) is 0 Å². The van der Waals surface area contributed by atoms with Crippen molar-refractivity contribution in [3.05, 3.63) is 23.9 Å². The highest BCUT2D eigenvalue weighted by Crippen LogP contribution is 2.26. The molecular formula is C12H19N. The molecule has 0 saturated carbocycles. The Hall–Kier alpha value is -0.720. The molecule has 72 valence electrons. The molecule has 2 rings (SSSR count). The topological polar surface area (TPSA) is 12.0 Å². The molecule has 0 amide bonds. The fourth-order valence-corrected chi connectivity index (χ4v) is 2.44. The Morgan fingerprint density at radius 1 is 1.23 bits per heavy atom. The van der Waals surface area contributed by atoms with Crippen LogP contribution in [0.1, 0.15) is 39.0 Å². The van der Waals surface area contributed by atoms with Gasteiger partial charge in [0.25, 0.3) is 0 Å². The number of rotatable bonds is 1. The highest BCUT2D eigenvalue weighted by molar-refractivity contribution is 5.05. The van der Waals surface area contributed by atoms with E-state index >= 15 is 0 Å². The molecule has 1 aliphatic heterocycles. The molecule has 2 aliphatic rings. The van der Waals surface area contributed by atoms with Crippen LogP contribution in [0.2, 0.25) is 0 Å². The highest BCUT2D eigenvalue weighted by atomic mass is 14.9. The van der Waals surface area contributed by atoms with Crippen molar-refractivity contribution in [1.82, 2.24) is 5.32 Å². The average Bonchev–Trinajstić information content (AvgIpc) is 2.19. The molecule has 0 saturated heterocycles. The van der Waals surface area contributed by atoms with E-state index < -0.39 is 0 Å². The van der Waals surface area contributed by atoms with E-state index in [1.165, 1.54) is 37.8 Å². The summed E-state index contributed by atoms with van der Waals surface area (Å²) >= 11 is 0. The van der Waals surface area contributed by atoms with E-state index in [0.717, 1.165) is 12.0 Å². The first-order valence-electron chi connectivity index (χ1n) is 5.44. The lowest BCUT2D eigenvalue weighted by atomic mass is 9.84. The number of hydrogen-bond donors (Lipinski definition) is 1. The lowest BCUT2D eigenvalue weighted by Gasteiger charge is -2.32. The van der Waals surface area contributed by atoms with Crippen LogP contribution < -0.4 is 5.32 Å². The van der Waals surface area contributed by atoms with Crippen LogP contribution in [0.5, 0.6) is 0 Å². The van der Waals surface area contributed by atoms with Crippen molar-refractivity contribution < 1.29 is 0 Å². The van der Waals surface area contributed by atoms with Gasteiger partial charge in [0.1, 0.15) is 0 Å². The molecule has 1 heterocycles. The standard InChI is InChI=1S/C12H19N/c1-10-6-5-9-12(13-10)11-7-3-2-4-8-11/h2-3,6,11-13H,4-5,7-9H2,1H3. The minimum atomic E-state index is 0.745. The van der Waals surface area contributed by atoms with E-state index in [1.54, 1.807) is 0 Å². The lowest BCUT2D eigenvalue weighted by molar-refractivity contribution is 0.324. The van der Waals surface area contributed by atoms with Crippen LogP contribution in [0.25, 0.3) is 0 Å². The summed E-state index contributed by atoms with van der Waals surface area (Å²) in [5, 5.41) is 3.61. The Morgan fingerprint density at radius 2 is 2.15 bits per heavy atom. The molecule has 1 aliphatic carbocycles. The van der Waals surface area contributed by atoms with Crippen LogP contribution >= 0.6 is 0 Å². The zero-order chi connectivity index (χ0) is 9.10. The molecule has 0 bridgehead atoms. The molecule has 0 radical (unpaired) electrons. The van der Waals surface area contributed by atoms with Gasteiger partial charge in [0.15, 0.2) is 0 Å². The SMILES string of the molecule is CC1=CCCC(C2CC=CCC2)N1. The maximum Gasteiger partial charge on any atom is 0.0292 e. The summed E-state index contributed by atoms with van der Waals surface area (Å²) in [4.78, 5) is 0. The molecule has 0 spiro atoms. The van der Waals surface area contributed by atoms with Crippen LogP contribution in [0.3, 0.4) is 0 Å². The summed E-state index contributed by atoms with van der Waals surface area (Å²) in [5.41, 5.74) is 1.38. The van der Waals surface area contributed by atoms with Gasteiger partial charge in [-0.15, -0.1) is 0 Å². The quantitative estimate of drug-likeness (QED) is 0.607. The second-order valence-corrected chi connectivity index (χ2v) is 4.26. The van der Waals surface area contributed by atoms with Crippen LogP contribution in [-0.2, 0) is 0 Å². The van der Waals surface area contributed by atoms with E-state index in [1.807, 2.05) is 0 Å². The van der Waals surface area contributed by atoms with E-state index in [-0.39, 0.29) is 0 Å². The van der Waals surface area contributed by atoms with Gasteiger partial charge in [-0.3, -0.25) is 0 Å². The maximum atomic E-state index is 3.61. The second kappa shape index (κ2) is 3.99. The van der Waals surface area contributed by atoms with Gasteiger partial charge >= 0.3 is 0 Å². The van der Waals surface area contributed by atoms with Crippen LogP contribution in [0.4, 0.5) is 0 Å². The minimum absolute atomic E-state index is 0.745. The molecule has 0 fully saturated rings. The lowest BCUT2D eigenvalue weighted by Crippen LogP contribution is -2.37. The first kappa shape index (κ1) is 8.86. The summed E-state index contributed by atoms with van der Waals surface area (Å²) in [6.07, 6.45) is 13.5. The largest absolute Gasteiger partial charge is 0.386 e. The molecule has 0 aromatic rings. The summed E-state index contributed by atoms with van der Waals surface area (Å²) in [7, 11) is 0. The van der Waals surface area contributed by atoms with Gasteiger partial charge < -0.3 is 5.32 Å². The molecule has 2 atom stereocenters. The van der Waals surface area contributed by atoms with E-state index in [4.69, 9.17) is 0 Å². The van der Waals surface area contributed by atoms with Crippen molar-refractivity contribution in [2.75, 3.05) is 0 Å². The fourth-order valence-electron chi connectivity index (χ4n) is 2.44. The van der Waals surface area contributed by atoms with Gasteiger partial charge in [-0.25, -0.2) is 0 Å². The Bertz CT molecular complexity index is 227. The number of hydrogen-bond acceptors (Lipinski definition) is 1. The number of nitrogens with one attached hydrogen (secondary N) is 1. The summed E-state index contributed by atoms with van der Waals surface area (Å²) < 4.78 is 0. The maximum absolute atomic E-state index is 3.61. The van der Waals surface area contributed by atoms with Gasteiger partial charge in [0.05, 0.1) is 0 Å². The van der Waals surface area contributed by atoms with Crippen molar-refractivity contribution >= 4 is 0 Å². The van der Waals surface area contributed by atoms with Crippen LogP contribution in [0.15, 0.2) is 23.9 Å². The van der Waals surface area contributed by atoms with Gasteiger partial charge in [-0.05, 0) is 44.9 Å². The molecule has 2 unspecified atom stereocenters. The molecule has 0 aromatic carbocycles. The zero-order valence-corrected chi connectivity index (χ0v) is 8.42. The summed E-state index contributed by atoms with van der Waals surface area (Å²) in [5.74, 6) is 0.883. The first-order chi connectivity index (χ1) is 6.36. The Balaban J connectivity index is 1.93. The summed E-state index contributed by atoms with van der Waals surface area (Å²) in [6.45, 7) is 2.19. The van der Waals surface area contributed by atoms with Gasteiger partial charge in [-0.1, -0.05) is 18.2 Å². The molecular weight excluding hydrogens is 158 g/mol. The predicted molar refractivity (Wildman–Crippen MR) is 56.4 cm³/mol. The van der Waals surface area contributed by atoms with Crippen molar-refractivity contribution in [1.29, 1.82) is 0 Å². The van der Waals surface area contributed by atoms with Gasteiger partial charge in [0, 0.05) is 11.7 Å². The molecule has 13 heavy (non-hydrogen) atoms. The Kier molecular flexibility index (Phi) is 2.72. The Morgan fingerprint density at radius 3 is 2.85 bits per heavy atom. The van der Waals surface area contributed by atoms with Crippen molar-refractivity contribution in [3.8, 4) is 0 Å². The molecule has 1 heteroatoms. The Labute approximate surface area is 80.9 Å². The average molecular weight is 177 g/mol. The van der Waals surface area contributed by atoms with E-state index in [9.17, 15) is 0 Å². The molecule has 0 aromatic heterocycles. The summed E-state index contributed by atoms with van der Waals surface area (Å²) in [6, 6.07) is 0.745. The zero-order valence-electron chi connectivity index (χ0n) is 8.42. The van der Waals surface area contributed by atoms with Crippen LogP contribution in [0, 0.1) is 5.92 Å². The third-order valence-electron chi connectivity index (χ3n) is 3.22. The number of allylic oxidation sites excluding steroid dienone is 4. The van der Waals surface area contributed by atoms with Crippen molar-refractivity contribution in [2.24, 2.45) is 5.92 Å². The predicted octanol–water partition coefficient (Wildman–Crippen LogP) is 3.00. The normalized spacial score (nSPS) is 33.8. The minimum Gasteiger partial charge on any atom is -0.386 e. The third-order valence-corrected chi connectivity index (χ3v) is 3.22. The van der Waals surface area contributed by atoms with Crippen LogP contribution in [-0.4, -0.2) is 6.04 Å². The first-order valence-corrected chi connectivity index (χ1v) is 5.44. The third kappa shape index (κ3) is 2.15. The highest BCUT2D eigenvalue weighted by Gasteiger charge is 2.22. The van der Waals surface area contributed by atoms with Crippen molar-refractivity contribution in [2.45, 2.75) is 45.1 Å². The van der Waals surface area contributed by atoms with Crippen molar-refractivity contribution in [3.63, 3.8) is 0 Å². The monoisotopic (exact) mass is 177 g/mol. The van der Waals surface area contributed by atoms with E-state index in [2.05, 4.69) is 30.5 Å². The second-order valence-electron chi connectivity index (χ2n) is 4.26. The smallest absolute Gasteiger partial charge is 0.0292 e. The fraction of sp³-hybridized carbons (Fsp3) is 0.667. The van der Waals surface area contributed by atoms with Gasteiger partial charge in [-0.2, -0.15) is 0 Å². The van der Waals surface area contributed by atoms with Gasteiger partial charge in [0.2, 0.25) is 0 Å². The molecule has 1 N–H and O–H groups in total. The molecule has 1 nitrogen and oxygen atoms in total.